The Morgan fingerprint density at radius 3 is 2.43 bits per heavy atom. The van der Waals surface area contributed by atoms with E-state index in [9.17, 15) is 10.1 Å². The Hall–Kier alpha value is -2.41. The predicted molar refractivity (Wildman–Crippen MR) is 88.5 cm³/mol. The fraction of sp³-hybridized carbons (Fsp3) is 0.188. The second-order valence-electron chi connectivity index (χ2n) is 4.99. The van der Waals surface area contributed by atoms with Crippen molar-refractivity contribution >= 4 is 21.6 Å². The molecule has 0 fully saturated rings. The van der Waals surface area contributed by atoms with Crippen LogP contribution in [0.15, 0.2) is 59.8 Å². The molecule has 0 bridgehead atoms. The van der Waals surface area contributed by atoms with Gasteiger partial charge in [0.15, 0.2) is 5.71 Å². The largest absolute Gasteiger partial charge is 0.497 e. The van der Waals surface area contributed by atoms with Gasteiger partial charge in [0, 0.05) is 32.0 Å². The summed E-state index contributed by atoms with van der Waals surface area (Å²) in [5.41, 5.74) is 1.51. The molecule has 1 heterocycles. The van der Waals surface area contributed by atoms with Gasteiger partial charge in [-0.15, -0.1) is 0 Å². The molecule has 6 nitrogen and oxygen atoms in total. The summed E-state index contributed by atoms with van der Waals surface area (Å²) < 4.78 is 3.46. The molecule has 2 aromatic carbocycles. The van der Waals surface area contributed by atoms with Gasteiger partial charge in [-0.05, 0) is 12.1 Å². The number of nitrogens with zero attached hydrogens (tertiary/aromatic N) is 2. The van der Waals surface area contributed by atoms with E-state index in [-0.39, 0.29) is 5.71 Å². The van der Waals surface area contributed by atoms with Gasteiger partial charge < -0.3 is 9.57 Å². The first kappa shape index (κ1) is 15.5. The van der Waals surface area contributed by atoms with Crippen molar-refractivity contribution in [2.24, 2.45) is 5.16 Å². The van der Waals surface area contributed by atoms with Crippen LogP contribution in [0.2, 0.25) is 0 Å². The molecule has 0 N–H and O–H groups in total. The molecule has 1 aliphatic rings. The topological polar surface area (TPSA) is 74.0 Å². The maximum atomic E-state index is 11.8. The van der Waals surface area contributed by atoms with Crippen molar-refractivity contribution in [1.29, 1.82) is 0 Å². The lowest BCUT2D eigenvalue weighted by atomic mass is 9.95. The van der Waals surface area contributed by atoms with Gasteiger partial charge in [-0.25, -0.2) is 0 Å². The van der Waals surface area contributed by atoms with E-state index in [0.29, 0.717) is 16.9 Å². The molecule has 2 unspecified atom stereocenters. The molecule has 118 valence electrons. The average Bonchev–Trinajstić information content (AvgIpc) is 2.94. The van der Waals surface area contributed by atoms with Crippen molar-refractivity contribution in [3.05, 3.63) is 75.8 Å². The molecule has 0 spiro atoms. The van der Waals surface area contributed by atoms with Gasteiger partial charge >= 0.3 is 4.45 Å². The first-order valence-corrected chi connectivity index (χ1v) is 7.63. The van der Waals surface area contributed by atoms with E-state index in [4.69, 9.17) is 9.57 Å². The van der Waals surface area contributed by atoms with Crippen molar-refractivity contribution < 1.29 is 14.5 Å². The Morgan fingerprint density at radius 2 is 1.87 bits per heavy atom. The van der Waals surface area contributed by atoms with Crippen LogP contribution in [0.4, 0.5) is 0 Å². The number of alkyl halides is 1. The van der Waals surface area contributed by atoms with E-state index in [0.717, 1.165) is 0 Å². The van der Waals surface area contributed by atoms with Crippen molar-refractivity contribution in [2.45, 2.75) is 10.6 Å². The molecule has 0 radical (unpaired) electrons. The monoisotopic (exact) mass is 376 g/mol. The average molecular weight is 377 g/mol. The van der Waals surface area contributed by atoms with E-state index < -0.39 is 15.5 Å². The SMILES string of the molecule is COc1ccc(C2ON=C(c3ccccc3)C2(Br)[N+](=O)[O-])cc1. The first-order valence-electron chi connectivity index (χ1n) is 6.84. The molecule has 23 heavy (non-hydrogen) atoms. The van der Waals surface area contributed by atoms with Crippen molar-refractivity contribution in [3.8, 4) is 5.75 Å². The summed E-state index contributed by atoms with van der Waals surface area (Å²) >= 11 is 3.27. The zero-order chi connectivity index (χ0) is 16.4. The minimum absolute atomic E-state index is 0.240. The van der Waals surface area contributed by atoms with Crippen LogP contribution >= 0.6 is 15.9 Å². The summed E-state index contributed by atoms with van der Waals surface area (Å²) in [7, 11) is 1.56. The van der Waals surface area contributed by atoms with Crippen molar-refractivity contribution in [1.82, 2.24) is 0 Å². The van der Waals surface area contributed by atoms with E-state index in [1.807, 2.05) is 6.07 Å². The van der Waals surface area contributed by atoms with Gasteiger partial charge in [0.25, 0.3) is 0 Å². The number of rotatable bonds is 4. The van der Waals surface area contributed by atoms with Gasteiger partial charge in [-0.1, -0.05) is 47.6 Å². The van der Waals surface area contributed by atoms with E-state index in [1.54, 1.807) is 55.6 Å². The molecule has 2 atom stereocenters. The molecular formula is C16H13BrN2O4. The molecule has 0 aromatic heterocycles. The molecule has 0 amide bonds. The van der Waals surface area contributed by atoms with Crippen molar-refractivity contribution in [3.63, 3.8) is 0 Å². The highest BCUT2D eigenvalue weighted by Gasteiger charge is 2.60. The Labute approximate surface area is 141 Å². The predicted octanol–water partition coefficient (Wildman–Crippen LogP) is 3.54. The maximum absolute atomic E-state index is 11.8. The van der Waals surface area contributed by atoms with Crippen LogP contribution in [-0.4, -0.2) is 22.2 Å². The standard InChI is InChI=1S/C16H13BrN2O4/c1-22-13-9-7-12(8-10-13)15-16(17,19(20)21)14(18-23-15)11-5-3-2-4-6-11/h2-10,15H,1H3. The normalized spacial score (nSPS) is 23.0. The highest BCUT2D eigenvalue weighted by atomic mass is 79.9. The Balaban J connectivity index is 2.02. The van der Waals surface area contributed by atoms with Gasteiger partial charge in [0.1, 0.15) is 5.75 Å². The summed E-state index contributed by atoms with van der Waals surface area (Å²) in [4.78, 5) is 16.8. The Morgan fingerprint density at radius 1 is 1.22 bits per heavy atom. The fourth-order valence-electron chi connectivity index (χ4n) is 2.46. The van der Waals surface area contributed by atoms with E-state index in [1.165, 1.54) is 0 Å². The lowest BCUT2D eigenvalue weighted by molar-refractivity contribution is -0.525. The van der Waals surface area contributed by atoms with Crippen LogP contribution in [0.3, 0.4) is 0 Å². The third-order valence-corrected chi connectivity index (χ3v) is 4.74. The molecule has 7 heteroatoms. The molecule has 3 rings (SSSR count). The third-order valence-electron chi connectivity index (χ3n) is 3.66. The van der Waals surface area contributed by atoms with E-state index in [2.05, 4.69) is 21.1 Å². The van der Waals surface area contributed by atoms with Crippen LogP contribution in [0.1, 0.15) is 17.2 Å². The summed E-state index contributed by atoms with van der Waals surface area (Å²) in [6.07, 6.45) is -0.876. The lowest BCUT2D eigenvalue weighted by Gasteiger charge is -2.20. The lowest BCUT2D eigenvalue weighted by Crippen LogP contribution is -2.43. The van der Waals surface area contributed by atoms with Gasteiger partial charge in [-0.2, -0.15) is 0 Å². The minimum Gasteiger partial charge on any atom is -0.497 e. The summed E-state index contributed by atoms with van der Waals surface area (Å²) in [5, 5.41) is 15.8. The summed E-state index contributed by atoms with van der Waals surface area (Å²) in [6.45, 7) is 0. The number of nitro groups is 1. The number of halogens is 1. The molecule has 2 aromatic rings. The third kappa shape index (κ3) is 2.57. The minimum atomic E-state index is -1.65. The van der Waals surface area contributed by atoms with Crippen LogP contribution in [0, 0.1) is 10.1 Å². The molecule has 0 saturated heterocycles. The molecular weight excluding hydrogens is 364 g/mol. The van der Waals surface area contributed by atoms with Crippen LogP contribution in [0.5, 0.6) is 5.75 Å². The highest BCUT2D eigenvalue weighted by molar-refractivity contribution is 9.10. The number of ether oxygens (including phenoxy) is 1. The number of oxime groups is 1. The number of hydrogen-bond donors (Lipinski definition) is 0. The summed E-state index contributed by atoms with van der Waals surface area (Å²) in [6, 6.07) is 15.9. The van der Waals surface area contributed by atoms with Gasteiger partial charge in [-0.3, -0.25) is 10.1 Å². The van der Waals surface area contributed by atoms with E-state index >= 15 is 0 Å². The van der Waals surface area contributed by atoms with Crippen LogP contribution in [-0.2, 0) is 4.84 Å². The highest BCUT2D eigenvalue weighted by Crippen LogP contribution is 2.45. The Kier molecular flexibility index (Phi) is 4.04. The molecule has 0 aliphatic carbocycles. The second-order valence-corrected chi connectivity index (χ2v) is 6.20. The van der Waals surface area contributed by atoms with Crippen LogP contribution < -0.4 is 4.74 Å². The fourth-order valence-corrected chi connectivity index (χ4v) is 3.11. The first-order chi connectivity index (χ1) is 11.1. The zero-order valence-corrected chi connectivity index (χ0v) is 13.8. The number of methoxy groups -OCH3 is 1. The molecule has 1 aliphatic heterocycles. The second kappa shape index (κ2) is 6.00. The Bertz CT molecular complexity index is 748. The summed E-state index contributed by atoms with van der Waals surface area (Å²) in [5.74, 6) is 0.664. The number of hydrogen-bond acceptors (Lipinski definition) is 5. The van der Waals surface area contributed by atoms with Crippen molar-refractivity contribution in [2.75, 3.05) is 7.11 Å². The van der Waals surface area contributed by atoms with Crippen LogP contribution in [0.25, 0.3) is 0 Å². The van der Waals surface area contributed by atoms with Gasteiger partial charge in [0.05, 0.1) is 7.11 Å². The smallest absolute Gasteiger partial charge is 0.362 e. The quantitative estimate of drug-likeness (QED) is 0.354. The molecule has 0 saturated carbocycles. The number of benzene rings is 2. The maximum Gasteiger partial charge on any atom is 0.362 e. The zero-order valence-electron chi connectivity index (χ0n) is 12.2. The van der Waals surface area contributed by atoms with Gasteiger partial charge in [0.2, 0.25) is 6.10 Å².